The van der Waals surface area contributed by atoms with E-state index in [9.17, 15) is 18.0 Å². The third-order valence-electron chi connectivity index (χ3n) is 6.66. The van der Waals surface area contributed by atoms with Crippen molar-refractivity contribution < 1.29 is 22.7 Å². The molecule has 0 radical (unpaired) electrons. The highest BCUT2D eigenvalue weighted by atomic mass is 19.4. The zero-order valence-corrected chi connectivity index (χ0v) is 22.6. The van der Waals surface area contributed by atoms with Crippen molar-refractivity contribution in [2.45, 2.75) is 38.4 Å². The Labute approximate surface area is 238 Å². The fraction of sp³-hybridized carbons (Fsp3) is 0.241. The Morgan fingerprint density at radius 1 is 1.05 bits per heavy atom. The topological polar surface area (TPSA) is 120 Å². The summed E-state index contributed by atoms with van der Waals surface area (Å²) >= 11 is 0. The van der Waals surface area contributed by atoms with E-state index in [2.05, 4.69) is 25.6 Å². The van der Waals surface area contributed by atoms with Crippen LogP contribution in [0.1, 0.15) is 42.8 Å². The Hall–Kier alpha value is -5.07. The van der Waals surface area contributed by atoms with Crippen molar-refractivity contribution in [2.24, 2.45) is 0 Å². The van der Waals surface area contributed by atoms with Gasteiger partial charge in [0.1, 0.15) is 28.8 Å². The van der Waals surface area contributed by atoms with Crippen molar-refractivity contribution in [2.75, 3.05) is 17.7 Å². The second kappa shape index (κ2) is 10.7. The molecule has 0 unspecified atom stereocenters. The molecular formula is C29H25F3N8O2. The van der Waals surface area contributed by atoms with Crippen molar-refractivity contribution in [1.29, 1.82) is 0 Å². The molecule has 1 aliphatic rings. The Balaban J connectivity index is 1.51. The molecule has 0 atom stereocenters. The van der Waals surface area contributed by atoms with E-state index < -0.39 is 11.9 Å². The lowest BCUT2D eigenvalue weighted by molar-refractivity contribution is -0.141. The van der Waals surface area contributed by atoms with Gasteiger partial charge in [-0.1, -0.05) is 18.2 Å². The van der Waals surface area contributed by atoms with Gasteiger partial charge in [0.05, 0.1) is 13.7 Å². The van der Waals surface area contributed by atoms with Crippen LogP contribution in [0.25, 0.3) is 22.7 Å². The smallest absolute Gasteiger partial charge is 0.433 e. The van der Waals surface area contributed by atoms with Gasteiger partial charge in [0, 0.05) is 30.8 Å². The molecule has 1 amide bonds. The maximum atomic E-state index is 13.5. The number of nitrogens with one attached hydrogen (secondary N) is 2. The lowest BCUT2D eigenvalue weighted by atomic mass is 10.2. The van der Waals surface area contributed by atoms with Crippen LogP contribution in [0.4, 0.5) is 30.5 Å². The average molecular weight is 575 g/mol. The van der Waals surface area contributed by atoms with Gasteiger partial charge in [-0.05, 0) is 48.7 Å². The number of carbonyl (C=O) groups is 1. The molecule has 4 heterocycles. The summed E-state index contributed by atoms with van der Waals surface area (Å²) < 4.78 is 47.8. The Morgan fingerprint density at radius 2 is 1.83 bits per heavy atom. The third-order valence-corrected chi connectivity index (χ3v) is 6.66. The maximum absolute atomic E-state index is 13.5. The second-order valence-corrected chi connectivity index (χ2v) is 9.89. The van der Waals surface area contributed by atoms with Gasteiger partial charge in [-0.3, -0.25) is 4.79 Å². The zero-order chi connectivity index (χ0) is 29.4. The van der Waals surface area contributed by atoms with E-state index in [1.807, 2.05) is 28.8 Å². The molecule has 4 aromatic heterocycles. The fourth-order valence-electron chi connectivity index (χ4n) is 4.55. The number of aromatic nitrogens is 6. The molecular weight excluding hydrogens is 549 g/mol. The van der Waals surface area contributed by atoms with Crippen LogP contribution in [0.5, 0.6) is 5.75 Å². The molecule has 1 aliphatic carbocycles. The molecule has 214 valence electrons. The number of anilines is 3. The van der Waals surface area contributed by atoms with Crippen molar-refractivity contribution in [1.82, 2.24) is 29.5 Å². The van der Waals surface area contributed by atoms with Gasteiger partial charge in [0.15, 0.2) is 22.8 Å². The summed E-state index contributed by atoms with van der Waals surface area (Å²) in [6.45, 7) is 1.80. The van der Waals surface area contributed by atoms with E-state index >= 15 is 0 Å². The standard InChI is InChI=1S/C29H25F3N8O2/c1-16(41)34-23-14-19(12-13-33-23)35-26-24-28(39-25(38-26)21-4-3-5-22(36-21)29(30,31)32)40(27(37-24)18-8-9-18)15-17-6-10-20(42-2)11-7-17/h3-7,10-14,18H,8-9,15H2,1-2H3,(H2,33,34,35,38,39,41). The number of halogens is 3. The number of benzene rings is 1. The summed E-state index contributed by atoms with van der Waals surface area (Å²) in [6, 6.07) is 14.5. The lowest BCUT2D eigenvalue weighted by Gasteiger charge is -2.12. The fourth-order valence-corrected chi connectivity index (χ4v) is 4.55. The Kier molecular flexibility index (Phi) is 6.93. The van der Waals surface area contributed by atoms with Gasteiger partial charge in [-0.2, -0.15) is 13.2 Å². The average Bonchev–Trinajstić information content (AvgIpc) is 3.75. The molecule has 2 N–H and O–H groups in total. The van der Waals surface area contributed by atoms with Crippen LogP contribution < -0.4 is 15.4 Å². The molecule has 0 aliphatic heterocycles. The third kappa shape index (κ3) is 5.71. The number of fused-ring (bicyclic) bond motifs is 1. The summed E-state index contributed by atoms with van der Waals surface area (Å²) in [7, 11) is 1.60. The number of methoxy groups -OCH3 is 1. The molecule has 13 heteroatoms. The number of hydrogen-bond donors (Lipinski definition) is 2. The largest absolute Gasteiger partial charge is 0.497 e. The minimum Gasteiger partial charge on any atom is -0.497 e. The van der Waals surface area contributed by atoms with E-state index in [4.69, 9.17) is 14.7 Å². The van der Waals surface area contributed by atoms with Crippen LogP contribution in [0.15, 0.2) is 60.8 Å². The van der Waals surface area contributed by atoms with E-state index in [1.54, 1.807) is 19.2 Å². The summed E-state index contributed by atoms with van der Waals surface area (Å²) in [6.07, 6.45) is -1.18. The molecule has 6 rings (SSSR count). The summed E-state index contributed by atoms with van der Waals surface area (Å²) in [5.74, 6) is 2.10. The quantitative estimate of drug-likeness (QED) is 0.234. The van der Waals surface area contributed by atoms with E-state index in [-0.39, 0.29) is 29.2 Å². The number of hydrogen-bond acceptors (Lipinski definition) is 8. The summed E-state index contributed by atoms with van der Waals surface area (Å²) in [4.78, 5) is 33.8. The highest BCUT2D eigenvalue weighted by molar-refractivity contribution is 5.90. The molecule has 0 bridgehead atoms. The molecule has 1 saturated carbocycles. The first-order valence-electron chi connectivity index (χ1n) is 13.1. The zero-order valence-electron chi connectivity index (χ0n) is 22.6. The monoisotopic (exact) mass is 574 g/mol. The Morgan fingerprint density at radius 3 is 2.52 bits per heavy atom. The SMILES string of the molecule is COc1ccc(Cn2c(C3CC3)nc3c(Nc4ccnc(NC(C)=O)c4)nc(-c4cccc(C(F)(F)F)n4)nc32)cc1. The predicted molar refractivity (Wildman–Crippen MR) is 149 cm³/mol. The Bertz CT molecular complexity index is 1780. The van der Waals surface area contributed by atoms with Gasteiger partial charge in [0.2, 0.25) is 5.91 Å². The predicted octanol–water partition coefficient (Wildman–Crippen LogP) is 5.94. The second-order valence-electron chi connectivity index (χ2n) is 9.89. The number of pyridine rings is 2. The minimum atomic E-state index is -4.63. The van der Waals surface area contributed by atoms with Gasteiger partial charge >= 0.3 is 6.18 Å². The first kappa shape index (κ1) is 27.1. The maximum Gasteiger partial charge on any atom is 0.433 e. The van der Waals surface area contributed by atoms with E-state index in [0.717, 1.165) is 36.0 Å². The van der Waals surface area contributed by atoms with Crippen molar-refractivity contribution in [3.8, 4) is 17.3 Å². The number of amides is 1. The number of alkyl halides is 3. The highest BCUT2D eigenvalue weighted by Gasteiger charge is 2.34. The molecule has 42 heavy (non-hydrogen) atoms. The van der Waals surface area contributed by atoms with Gasteiger partial charge in [0.25, 0.3) is 0 Å². The van der Waals surface area contributed by atoms with Crippen LogP contribution in [0.2, 0.25) is 0 Å². The molecule has 0 spiro atoms. The van der Waals surface area contributed by atoms with E-state index in [0.29, 0.717) is 29.2 Å². The van der Waals surface area contributed by atoms with Crippen LogP contribution in [-0.4, -0.2) is 42.5 Å². The van der Waals surface area contributed by atoms with Crippen LogP contribution in [-0.2, 0) is 17.5 Å². The number of ether oxygens (including phenoxy) is 1. The van der Waals surface area contributed by atoms with Crippen molar-refractivity contribution in [3.05, 3.63) is 77.9 Å². The van der Waals surface area contributed by atoms with Gasteiger partial charge in [-0.15, -0.1) is 0 Å². The number of imidazole rings is 1. The first-order chi connectivity index (χ1) is 20.2. The summed E-state index contributed by atoms with van der Waals surface area (Å²) in [5.41, 5.74) is 1.34. The highest BCUT2D eigenvalue weighted by Crippen LogP contribution is 2.42. The summed E-state index contributed by atoms with van der Waals surface area (Å²) in [5, 5.41) is 5.84. The molecule has 5 aromatic rings. The number of carbonyl (C=O) groups excluding carboxylic acids is 1. The van der Waals surface area contributed by atoms with Crippen LogP contribution in [0.3, 0.4) is 0 Å². The number of rotatable bonds is 8. The number of nitrogens with zero attached hydrogens (tertiary/aromatic N) is 6. The van der Waals surface area contributed by atoms with Crippen molar-refractivity contribution in [3.63, 3.8) is 0 Å². The molecule has 0 saturated heterocycles. The van der Waals surface area contributed by atoms with E-state index in [1.165, 1.54) is 25.3 Å². The molecule has 1 fully saturated rings. The normalized spacial score (nSPS) is 13.3. The van der Waals surface area contributed by atoms with Crippen molar-refractivity contribution >= 4 is 34.4 Å². The first-order valence-corrected chi connectivity index (χ1v) is 13.1. The van der Waals surface area contributed by atoms with Gasteiger partial charge < -0.3 is 19.9 Å². The van der Waals surface area contributed by atoms with Crippen LogP contribution in [0, 0.1) is 0 Å². The lowest BCUT2D eigenvalue weighted by Crippen LogP contribution is -2.10. The molecule has 10 nitrogen and oxygen atoms in total. The van der Waals surface area contributed by atoms with Crippen LogP contribution >= 0.6 is 0 Å². The molecule has 1 aromatic carbocycles. The van der Waals surface area contributed by atoms with Gasteiger partial charge in [-0.25, -0.2) is 24.9 Å². The minimum absolute atomic E-state index is 0.00506.